The first-order chi connectivity index (χ1) is 13.3. The molecule has 1 aromatic carbocycles. The smallest absolute Gasteiger partial charge is 0.191 e. The van der Waals surface area contributed by atoms with Gasteiger partial charge in [0.1, 0.15) is 6.33 Å². The molecule has 28 heavy (non-hydrogen) atoms. The lowest BCUT2D eigenvalue weighted by Crippen LogP contribution is -2.48. The van der Waals surface area contributed by atoms with Gasteiger partial charge in [-0.25, -0.2) is 9.98 Å². The van der Waals surface area contributed by atoms with Gasteiger partial charge < -0.3 is 15.5 Å². The van der Waals surface area contributed by atoms with E-state index in [1.54, 1.807) is 0 Å². The van der Waals surface area contributed by atoms with Crippen molar-refractivity contribution < 1.29 is 0 Å². The van der Waals surface area contributed by atoms with Crippen molar-refractivity contribution >= 4 is 29.9 Å². The van der Waals surface area contributed by atoms with E-state index in [1.807, 2.05) is 12.1 Å². The van der Waals surface area contributed by atoms with E-state index in [0.717, 1.165) is 29.5 Å². The van der Waals surface area contributed by atoms with E-state index >= 15 is 0 Å². The van der Waals surface area contributed by atoms with Gasteiger partial charge in [0, 0.05) is 31.2 Å². The maximum Gasteiger partial charge on any atom is 0.191 e. The van der Waals surface area contributed by atoms with Crippen LogP contribution in [0, 0.1) is 0 Å². The van der Waals surface area contributed by atoms with Gasteiger partial charge in [-0.05, 0) is 44.4 Å². The molecule has 0 bridgehead atoms. The Morgan fingerprint density at radius 1 is 1.29 bits per heavy atom. The number of H-pyrrole nitrogens is 1. The van der Waals surface area contributed by atoms with Gasteiger partial charge in [0.2, 0.25) is 0 Å². The van der Waals surface area contributed by atoms with Crippen molar-refractivity contribution in [1.29, 1.82) is 0 Å². The second-order valence-electron chi connectivity index (χ2n) is 6.99. The van der Waals surface area contributed by atoms with Crippen molar-refractivity contribution in [2.75, 3.05) is 26.2 Å². The van der Waals surface area contributed by atoms with Crippen molar-refractivity contribution in [3.8, 4) is 11.4 Å². The number of likely N-dealkylation sites (tertiary alicyclic amines) is 1. The fourth-order valence-corrected chi connectivity index (χ4v) is 3.46. The highest BCUT2D eigenvalue weighted by Crippen LogP contribution is 2.16. The average molecular weight is 497 g/mol. The fraction of sp³-hybridized carbons (Fsp3) is 0.550. The van der Waals surface area contributed by atoms with E-state index in [0.29, 0.717) is 12.6 Å². The highest BCUT2D eigenvalue weighted by molar-refractivity contribution is 14.0. The third kappa shape index (κ3) is 6.73. The predicted octanol–water partition coefficient (Wildman–Crippen LogP) is 3.02. The Bertz CT molecular complexity index is 709. The normalized spacial score (nSPS) is 15.9. The zero-order chi connectivity index (χ0) is 18.9. The van der Waals surface area contributed by atoms with Crippen LogP contribution in [-0.2, 0) is 6.54 Å². The molecule has 1 aliphatic heterocycles. The van der Waals surface area contributed by atoms with Crippen LogP contribution in [0.15, 0.2) is 35.6 Å². The number of hydrogen-bond acceptors (Lipinski definition) is 4. The number of nitrogens with one attached hydrogen (secondary N) is 3. The van der Waals surface area contributed by atoms with Crippen LogP contribution < -0.4 is 10.6 Å². The lowest BCUT2D eigenvalue weighted by Gasteiger charge is -2.32. The summed E-state index contributed by atoms with van der Waals surface area (Å²) in [6.07, 6.45) is 5.10. The van der Waals surface area contributed by atoms with Crippen molar-refractivity contribution in [3.05, 3.63) is 36.2 Å². The number of guanidine groups is 1. The highest BCUT2D eigenvalue weighted by Gasteiger charge is 2.19. The van der Waals surface area contributed by atoms with Crippen molar-refractivity contribution in [3.63, 3.8) is 0 Å². The molecular formula is C20H32IN7. The standard InChI is InChI=1S/C20H31N7.HI/c1-3-10-27-11-8-18(9-12-27)25-20(21-4-2)22-14-16-6-5-7-17(13-16)19-23-15-24-26-19;/h5-7,13,15,18H,3-4,8-12,14H2,1-2H3,(H2,21,22,25)(H,23,24,26);1H. The quantitative estimate of drug-likeness (QED) is 0.311. The van der Waals surface area contributed by atoms with Gasteiger partial charge in [-0.15, -0.1) is 24.0 Å². The molecule has 2 heterocycles. The molecule has 0 aliphatic carbocycles. The molecule has 3 N–H and O–H groups in total. The summed E-state index contributed by atoms with van der Waals surface area (Å²) in [5.74, 6) is 1.68. The van der Waals surface area contributed by atoms with Crippen LogP contribution in [0.3, 0.4) is 0 Å². The topological polar surface area (TPSA) is 81.2 Å². The minimum Gasteiger partial charge on any atom is -0.357 e. The van der Waals surface area contributed by atoms with Gasteiger partial charge in [-0.3, -0.25) is 5.10 Å². The molecule has 0 atom stereocenters. The summed E-state index contributed by atoms with van der Waals surface area (Å²) < 4.78 is 0. The fourth-order valence-electron chi connectivity index (χ4n) is 3.46. The van der Waals surface area contributed by atoms with Gasteiger partial charge in [-0.1, -0.05) is 25.1 Å². The largest absolute Gasteiger partial charge is 0.357 e. The molecule has 8 heteroatoms. The number of aromatic nitrogens is 3. The first-order valence-corrected chi connectivity index (χ1v) is 10.00. The Morgan fingerprint density at radius 3 is 2.79 bits per heavy atom. The number of benzene rings is 1. The molecule has 1 aliphatic rings. The van der Waals surface area contributed by atoms with Gasteiger partial charge in [0.05, 0.1) is 6.54 Å². The molecule has 0 spiro atoms. The minimum atomic E-state index is 0. The summed E-state index contributed by atoms with van der Waals surface area (Å²) in [6.45, 7) is 9.39. The van der Waals surface area contributed by atoms with Crippen LogP contribution in [-0.4, -0.2) is 58.3 Å². The summed E-state index contributed by atoms with van der Waals surface area (Å²) in [4.78, 5) is 11.6. The third-order valence-electron chi connectivity index (χ3n) is 4.85. The number of aromatic amines is 1. The summed E-state index contributed by atoms with van der Waals surface area (Å²) in [6, 6.07) is 8.76. The summed E-state index contributed by atoms with van der Waals surface area (Å²) in [7, 11) is 0. The molecule has 2 aromatic rings. The number of aliphatic imine (C=N–C) groups is 1. The molecule has 0 saturated carbocycles. The van der Waals surface area contributed by atoms with Crippen LogP contribution in [0.5, 0.6) is 0 Å². The van der Waals surface area contributed by atoms with Crippen LogP contribution >= 0.6 is 24.0 Å². The van der Waals surface area contributed by atoms with Gasteiger partial charge in [-0.2, -0.15) is 5.10 Å². The van der Waals surface area contributed by atoms with Crippen LogP contribution in [0.4, 0.5) is 0 Å². The zero-order valence-electron chi connectivity index (χ0n) is 16.8. The second kappa shape index (κ2) is 12.0. The minimum absolute atomic E-state index is 0. The lowest BCUT2D eigenvalue weighted by atomic mass is 10.1. The van der Waals surface area contributed by atoms with Gasteiger partial charge in [0.25, 0.3) is 0 Å². The van der Waals surface area contributed by atoms with E-state index in [4.69, 9.17) is 4.99 Å². The highest BCUT2D eigenvalue weighted by atomic mass is 127. The molecule has 3 rings (SSSR count). The summed E-state index contributed by atoms with van der Waals surface area (Å²) in [5.41, 5.74) is 2.18. The molecule has 1 fully saturated rings. The maximum atomic E-state index is 4.79. The van der Waals surface area contributed by atoms with Gasteiger partial charge in [0.15, 0.2) is 11.8 Å². The Labute approximate surface area is 184 Å². The van der Waals surface area contributed by atoms with Gasteiger partial charge >= 0.3 is 0 Å². The molecule has 0 amide bonds. The molecule has 7 nitrogen and oxygen atoms in total. The van der Waals surface area contributed by atoms with Crippen LogP contribution in [0.25, 0.3) is 11.4 Å². The maximum absolute atomic E-state index is 4.79. The van der Waals surface area contributed by atoms with Crippen LogP contribution in [0.2, 0.25) is 0 Å². The Morgan fingerprint density at radius 2 is 2.11 bits per heavy atom. The average Bonchev–Trinajstić information content (AvgIpc) is 3.23. The Balaban J connectivity index is 0.00000280. The van der Waals surface area contributed by atoms with E-state index in [9.17, 15) is 0 Å². The number of hydrogen-bond donors (Lipinski definition) is 3. The van der Waals surface area contributed by atoms with E-state index in [-0.39, 0.29) is 24.0 Å². The summed E-state index contributed by atoms with van der Waals surface area (Å²) >= 11 is 0. The van der Waals surface area contributed by atoms with Crippen LogP contribution in [0.1, 0.15) is 38.7 Å². The molecular weight excluding hydrogens is 465 g/mol. The van der Waals surface area contributed by atoms with E-state index in [1.165, 1.54) is 45.2 Å². The monoisotopic (exact) mass is 497 g/mol. The molecule has 1 aromatic heterocycles. The van der Waals surface area contributed by atoms with E-state index in [2.05, 4.69) is 56.7 Å². The lowest BCUT2D eigenvalue weighted by molar-refractivity contribution is 0.206. The van der Waals surface area contributed by atoms with Crippen molar-refractivity contribution in [2.24, 2.45) is 4.99 Å². The van der Waals surface area contributed by atoms with Crippen molar-refractivity contribution in [1.82, 2.24) is 30.7 Å². The Kier molecular flexibility index (Phi) is 9.69. The third-order valence-corrected chi connectivity index (χ3v) is 4.85. The Hall–Kier alpha value is -1.68. The molecule has 154 valence electrons. The molecule has 0 unspecified atom stereocenters. The first kappa shape index (κ1) is 22.6. The molecule has 1 saturated heterocycles. The number of piperidine rings is 1. The molecule has 0 radical (unpaired) electrons. The first-order valence-electron chi connectivity index (χ1n) is 10.00. The predicted molar refractivity (Wildman–Crippen MR) is 125 cm³/mol. The number of rotatable bonds is 7. The number of nitrogens with zero attached hydrogens (tertiary/aromatic N) is 4. The zero-order valence-corrected chi connectivity index (χ0v) is 19.1. The number of halogens is 1. The second-order valence-corrected chi connectivity index (χ2v) is 6.99. The van der Waals surface area contributed by atoms with Crippen molar-refractivity contribution in [2.45, 2.75) is 45.7 Å². The SMILES string of the molecule is CCCN1CCC(NC(=NCc2cccc(-c3ncn[nH]3)c2)NCC)CC1.I. The summed E-state index contributed by atoms with van der Waals surface area (Å²) in [5, 5.41) is 13.8. The van der Waals surface area contributed by atoms with E-state index < -0.39 is 0 Å².